The first-order valence-electron chi connectivity index (χ1n) is 8.23. The second-order valence-corrected chi connectivity index (χ2v) is 5.80. The molecule has 0 radical (unpaired) electrons. The van der Waals surface area contributed by atoms with E-state index in [1.54, 1.807) is 29.9 Å². The van der Waals surface area contributed by atoms with Crippen LogP contribution in [0.3, 0.4) is 0 Å². The number of carbonyl (C=O) groups excluding carboxylic acids is 2. The van der Waals surface area contributed by atoms with Gasteiger partial charge in [0.05, 0.1) is 0 Å². The molecule has 6 nitrogen and oxygen atoms in total. The molecule has 0 spiro atoms. The van der Waals surface area contributed by atoms with E-state index in [1.807, 2.05) is 60.7 Å². The molecule has 2 aromatic carbocycles. The Bertz CT molecular complexity index is 875. The third-order valence-corrected chi connectivity index (χ3v) is 3.94. The van der Waals surface area contributed by atoms with Crippen molar-refractivity contribution in [3.8, 4) is 0 Å². The van der Waals surface area contributed by atoms with Crippen LogP contribution in [0, 0.1) is 0 Å². The number of nitrogens with zero attached hydrogens (tertiary/aromatic N) is 1. The molecule has 0 saturated heterocycles. The Kier molecular flexibility index (Phi) is 5.46. The van der Waals surface area contributed by atoms with Crippen molar-refractivity contribution in [3.63, 3.8) is 0 Å². The van der Waals surface area contributed by atoms with Crippen molar-refractivity contribution in [2.45, 2.75) is 6.04 Å². The van der Waals surface area contributed by atoms with E-state index in [-0.39, 0.29) is 11.8 Å². The monoisotopic (exact) mass is 348 g/mol. The molecule has 1 heterocycles. The Balaban J connectivity index is 1.74. The van der Waals surface area contributed by atoms with Gasteiger partial charge in [0.1, 0.15) is 11.7 Å². The van der Waals surface area contributed by atoms with Gasteiger partial charge in [-0.15, -0.1) is 0 Å². The third kappa shape index (κ3) is 4.17. The third-order valence-electron chi connectivity index (χ3n) is 3.94. The van der Waals surface area contributed by atoms with E-state index < -0.39 is 6.04 Å². The maximum atomic E-state index is 12.7. The molecule has 0 unspecified atom stereocenters. The van der Waals surface area contributed by atoms with Gasteiger partial charge in [0.15, 0.2) is 0 Å². The molecule has 3 rings (SSSR count). The standard InChI is InChI=1S/C20H20N4O2/c1-24-14-8-13-17(24)19(25)23-22-18(15-9-4-2-5-10-15)20(26)21-16-11-6-3-7-12-16/h2-14,18,22H,1H3,(H,21,26)(H,23,25)/t18-/m0/s1. The molecular weight excluding hydrogens is 328 g/mol. The van der Waals surface area contributed by atoms with Gasteiger partial charge in [0.2, 0.25) is 5.91 Å². The molecule has 6 heteroatoms. The fourth-order valence-corrected chi connectivity index (χ4v) is 2.58. The number of rotatable bonds is 6. The van der Waals surface area contributed by atoms with Gasteiger partial charge in [-0.05, 0) is 29.8 Å². The van der Waals surface area contributed by atoms with Crippen LogP contribution in [-0.4, -0.2) is 16.4 Å². The van der Waals surface area contributed by atoms with Crippen LogP contribution in [0.15, 0.2) is 79.0 Å². The summed E-state index contributed by atoms with van der Waals surface area (Å²) in [4.78, 5) is 25.1. The fourth-order valence-electron chi connectivity index (χ4n) is 2.58. The Morgan fingerprint density at radius 3 is 2.15 bits per heavy atom. The van der Waals surface area contributed by atoms with Gasteiger partial charge in [0, 0.05) is 18.9 Å². The Labute approximate surface area is 151 Å². The van der Waals surface area contributed by atoms with Crippen LogP contribution in [0.1, 0.15) is 22.1 Å². The van der Waals surface area contributed by atoms with Crippen LogP contribution in [0.4, 0.5) is 5.69 Å². The van der Waals surface area contributed by atoms with E-state index in [0.29, 0.717) is 11.4 Å². The summed E-state index contributed by atoms with van der Waals surface area (Å²) in [6.07, 6.45) is 1.78. The lowest BCUT2D eigenvalue weighted by molar-refractivity contribution is -0.118. The Morgan fingerprint density at radius 1 is 0.885 bits per heavy atom. The van der Waals surface area contributed by atoms with Gasteiger partial charge >= 0.3 is 0 Å². The quantitative estimate of drug-likeness (QED) is 0.600. The number of hydrogen-bond acceptors (Lipinski definition) is 3. The van der Waals surface area contributed by atoms with E-state index in [9.17, 15) is 9.59 Å². The van der Waals surface area contributed by atoms with Gasteiger partial charge in [-0.25, -0.2) is 5.43 Å². The van der Waals surface area contributed by atoms with Crippen LogP contribution < -0.4 is 16.2 Å². The fraction of sp³-hybridized carbons (Fsp3) is 0.100. The molecule has 0 aliphatic rings. The second-order valence-electron chi connectivity index (χ2n) is 5.80. The number of anilines is 1. The normalized spacial score (nSPS) is 11.6. The summed E-state index contributed by atoms with van der Waals surface area (Å²) in [6, 6.07) is 21.2. The highest BCUT2D eigenvalue weighted by molar-refractivity contribution is 5.96. The molecular formula is C20H20N4O2. The zero-order valence-corrected chi connectivity index (χ0v) is 14.3. The summed E-state index contributed by atoms with van der Waals surface area (Å²) >= 11 is 0. The van der Waals surface area contributed by atoms with Crippen molar-refractivity contribution in [3.05, 3.63) is 90.3 Å². The summed E-state index contributed by atoms with van der Waals surface area (Å²) in [5.74, 6) is -0.583. The molecule has 1 aromatic heterocycles. The van der Waals surface area contributed by atoms with Gasteiger partial charge in [-0.2, -0.15) is 0 Å². The SMILES string of the molecule is Cn1cccc1C(=O)NN[C@H](C(=O)Nc1ccccc1)c1ccccc1. The summed E-state index contributed by atoms with van der Waals surface area (Å²) in [7, 11) is 1.78. The number of hydrogen-bond donors (Lipinski definition) is 3. The number of benzene rings is 2. The van der Waals surface area contributed by atoms with Crippen LogP contribution in [0.5, 0.6) is 0 Å². The maximum Gasteiger partial charge on any atom is 0.282 e. The Morgan fingerprint density at radius 2 is 1.54 bits per heavy atom. The van der Waals surface area contributed by atoms with Crippen LogP contribution in [0.2, 0.25) is 0 Å². The Hall–Kier alpha value is -3.38. The van der Waals surface area contributed by atoms with Crippen molar-refractivity contribution in [2.24, 2.45) is 7.05 Å². The molecule has 3 aromatic rings. The van der Waals surface area contributed by atoms with E-state index in [2.05, 4.69) is 16.2 Å². The van der Waals surface area contributed by atoms with E-state index in [4.69, 9.17) is 0 Å². The van der Waals surface area contributed by atoms with Gasteiger partial charge < -0.3 is 9.88 Å². The predicted molar refractivity (Wildman–Crippen MR) is 100 cm³/mol. The van der Waals surface area contributed by atoms with Gasteiger partial charge in [-0.3, -0.25) is 15.0 Å². The number of aryl methyl sites for hydroxylation is 1. The first kappa shape index (κ1) is 17.4. The highest BCUT2D eigenvalue weighted by atomic mass is 16.2. The average molecular weight is 348 g/mol. The lowest BCUT2D eigenvalue weighted by Gasteiger charge is -2.19. The van der Waals surface area contributed by atoms with Crippen molar-refractivity contribution in [1.29, 1.82) is 0 Å². The molecule has 0 aliphatic carbocycles. The summed E-state index contributed by atoms with van der Waals surface area (Å²) in [5.41, 5.74) is 7.39. The van der Waals surface area contributed by atoms with E-state index in [0.717, 1.165) is 5.56 Å². The zero-order valence-electron chi connectivity index (χ0n) is 14.3. The second kappa shape index (κ2) is 8.13. The molecule has 2 amide bonds. The lowest BCUT2D eigenvalue weighted by atomic mass is 10.1. The zero-order chi connectivity index (χ0) is 18.4. The first-order valence-corrected chi connectivity index (χ1v) is 8.23. The van der Waals surface area contributed by atoms with Crippen molar-refractivity contribution in [2.75, 3.05) is 5.32 Å². The number of para-hydroxylation sites is 1. The largest absolute Gasteiger partial charge is 0.347 e. The topological polar surface area (TPSA) is 75.2 Å². The highest BCUT2D eigenvalue weighted by Crippen LogP contribution is 2.15. The molecule has 132 valence electrons. The predicted octanol–water partition coefficient (Wildman–Crippen LogP) is 2.64. The van der Waals surface area contributed by atoms with Crippen molar-refractivity contribution < 1.29 is 9.59 Å². The number of nitrogens with one attached hydrogen (secondary N) is 3. The van der Waals surface area contributed by atoms with Crippen molar-refractivity contribution >= 4 is 17.5 Å². The molecule has 0 bridgehead atoms. The number of carbonyl (C=O) groups is 2. The van der Waals surface area contributed by atoms with Gasteiger partial charge in [0.25, 0.3) is 5.91 Å². The minimum Gasteiger partial charge on any atom is -0.347 e. The van der Waals surface area contributed by atoms with Crippen LogP contribution in [0.25, 0.3) is 0 Å². The molecule has 26 heavy (non-hydrogen) atoms. The highest BCUT2D eigenvalue weighted by Gasteiger charge is 2.21. The summed E-state index contributed by atoms with van der Waals surface area (Å²) in [6.45, 7) is 0. The lowest BCUT2D eigenvalue weighted by Crippen LogP contribution is -2.45. The van der Waals surface area contributed by atoms with Crippen LogP contribution >= 0.6 is 0 Å². The minimum absolute atomic E-state index is 0.269. The number of aromatic nitrogens is 1. The first-order chi connectivity index (χ1) is 12.6. The molecule has 0 saturated carbocycles. The number of amides is 2. The molecule has 1 atom stereocenters. The molecule has 0 aliphatic heterocycles. The maximum absolute atomic E-state index is 12.7. The molecule has 3 N–H and O–H groups in total. The van der Waals surface area contributed by atoms with E-state index in [1.165, 1.54) is 0 Å². The summed E-state index contributed by atoms with van der Waals surface area (Å²) < 4.78 is 1.71. The summed E-state index contributed by atoms with van der Waals surface area (Å²) in [5, 5.41) is 2.85. The minimum atomic E-state index is -0.736. The van der Waals surface area contributed by atoms with Crippen molar-refractivity contribution in [1.82, 2.24) is 15.4 Å². The van der Waals surface area contributed by atoms with Gasteiger partial charge in [-0.1, -0.05) is 48.5 Å². The number of hydrazine groups is 1. The van der Waals surface area contributed by atoms with E-state index >= 15 is 0 Å². The van der Waals surface area contributed by atoms with Crippen LogP contribution in [-0.2, 0) is 11.8 Å². The average Bonchev–Trinajstić information content (AvgIpc) is 3.09. The smallest absolute Gasteiger partial charge is 0.282 e. The molecule has 0 fully saturated rings.